The number of hydrogen-bond donors (Lipinski definition) is 0. The summed E-state index contributed by atoms with van der Waals surface area (Å²) in [5, 5.41) is 8.09. The van der Waals surface area contributed by atoms with Crippen LogP contribution in [-0.2, 0) is 39.2 Å². The Kier molecular flexibility index (Phi) is 26.7. The maximum atomic E-state index is 11.7. The second kappa shape index (κ2) is 21.7. The Labute approximate surface area is 207 Å². The first-order valence-electron chi connectivity index (χ1n) is 10.0. The SMILES string of the molecule is COC(C)(C)C(=O)/C=C\[N-]CC[N-]/C=C\C(=O)C(C)(C)OC.C[PH+](C)C.C[PH+](C)C.[99Tc]. The second-order valence-corrected chi connectivity index (χ2v) is 14.6. The second-order valence-electron chi connectivity index (χ2n) is 8.60. The Bertz CT molecular complexity index is 472. The quantitative estimate of drug-likeness (QED) is 0.203. The molecule has 0 N–H and O–H groups in total. The minimum absolute atomic E-state index is 0. The number of methoxy groups -OCH3 is 2. The summed E-state index contributed by atoms with van der Waals surface area (Å²) >= 11 is 0. The van der Waals surface area contributed by atoms with Crippen LogP contribution in [0.4, 0.5) is 0 Å². The van der Waals surface area contributed by atoms with Crippen LogP contribution in [0.1, 0.15) is 27.7 Å². The van der Waals surface area contributed by atoms with E-state index in [-0.39, 0.29) is 47.5 Å². The van der Waals surface area contributed by atoms with Crippen molar-refractivity contribution in [2.45, 2.75) is 38.9 Å². The first-order valence-corrected chi connectivity index (χ1v) is 16.0. The number of rotatable bonds is 11. The van der Waals surface area contributed by atoms with Crippen LogP contribution in [0, 0.1) is 0 Å². The van der Waals surface area contributed by atoms with Gasteiger partial charge >= 0.3 is 0 Å². The molecule has 9 heteroatoms. The van der Waals surface area contributed by atoms with E-state index in [9.17, 15) is 9.59 Å². The zero-order chi connectivity index (χ0) is 24.4. The number of carbonyl (C=O) groups is 2. The van der Waals surface area contributed by atoms with Gasteiger partial charge in [-0.15, -0.1) is 13.1 Å². The number of carbonyl (C=O) groups excluding carboxylic acids is 2. The Balaban J connectivity index is -0.000000345. The molecule has 0 aromatic heterocycles. The Morgan fingerprint density at radius 1 is 0.710 bits per heavy atom. The molecule has 0 saturated heterocycles. The number of ketones is 2. The molecule has 0 bridgehead atoms. The van der Waals surface area contributed by atoms with E-state index in [0.29, 0.717) is 13.1 Å². The standard InChI is InChI=1S/C16H28N2O4.2C3H9P.Tc/c1-15(2,21-5)13(19)7-9-17-11-12-18-10-8-14(20)16(3,4)22-6;2*1-4(2)3;/h7-10H,11-12H2,1-6H3,(H2,17,18,19,20);2*1-3H3;/i;;;1+1. The fraction of sp³-hybridized carbons (Fsp3) is 0.727. The van der Waals surface area contributed by atoms with Gasteiger partial charge in [0.2, 0.25) is 0 Å². The first-order chi connectivity index (χ1) is 13.6. The topological polar surface area (TPSA) is 80.8 Å². The summed E-state index contributed by atoms with van der Waals surface area (Å²) in [6, 6.07) is 0. The zero-order valence-corrected chi connectivity index (χ0v) is 25.5. The van der Waals surface area contributed by atoms with Gasteiger partial charge in [-0.1, -0.05) is 0 Å². The Morgan fingerprint density at radius 3 is 1.13 bits per heavy atom. The molecule has 0 unspecified atom stereocenters. The molecule has 0 aliphatic heterocycles. The molecule has 0 aromatic carbocycles. The first kappa shape index (κ1) is 38.1. The van der Waals surface area contributed by atoms with Gasteiger partial charge in [0, 0.05) is 74.3 Å². The minimum atomic E-state index is -0.840. The van der Waals surface area contributed by atoms with E-state index in [1.54, 1.807) is 27.7 Å². The van der Waals surface area contributed by atoms with E-state index >= 15 is 0 Å². The van der Waals surface area contributed by atoms with Crippen LogP contribution in [0.25, 0.3) is 10.6 Å². The third-order valence-electron chi connectivity index (χ3n) is 3.23. The van der Waals surface area contributed by atoms with Gasteiger partial charge in [-0.2, -0.15) is 12.4 Å². The molecule has 1 radical (unpaired) electrons. The predicted octanol–water partition coefficient (Wildman–Crippen LogP) is 4.93. The molecule has 6 nitrogen and oxygen atoms in total. The van der Waals surface area contributed by atoms with E-state index in [4.69, 9.17) is 9.47 Å². The maximum Gasteiger partial charge on any atom is 0.185 e. The number of nitrogens with zero attached hydrogens (tertiary/aromatic N) is 2. The third kappa shape index (κ3) is 27.8. The van der Waals surface area contributed by atoms with E-state index in [2.05, 4.69) is 50.6 Å². The van der Waals surface area contributed by atoms with Gasteiger partial charge in [-0.05, 0) is 55.7 Å². The van der Waals surface area contributed by atoms with Gasteiger partial charge in [0.1, 0.15) is 11.2 Å². The van der Waals surface area contributed by atoms with Crippen molar-refractivity contribution in [3.05, 3.63) is 35.2 Å². The number of hydrogen-bond acceptors (Lipinski definition) is 4. The molecule has 0 atom stereocenters. The molecule has 0 aromatic rings. The van der Waals surface area contributed by atoms with Gasteiger partial charge < -0.3 is 20.1 Å². The van der Waals surface area contributed by atoms with Gasteiger partial charge in [0.15, 0.2) is 11.6 Å². The van der Waals surface area contributed by atoms with Crippen molar-refractivity contribution in [3.63, 3.8) is 0 Å². The normalized spacial score (nSPS) is 11.4. The van der Waals surface area contributed by atoms with Crippen molar-refractivity contribution in [2.24, 2.45) is 0 Å². The Morgan fingerprint density at radius 2 is 0.935 bits per heavy atom. The minimum Gasteiger partial charge on any atom is -0.692 e. The summed E-state index contributed by atoms with van der Waals surface area (Å²) in [7, 11) is 3.21. The average Bonchev–Trinajstić information content (AvgIpc) is 2.62. The molecular formula is C22H46N2O4P2Tc. The summed E-state index contributed by atoms with van der Waals surface area (Å²) in [5.74, 6) is -0.300. The van der Waals surface area contributed by atoms with Gasteiger partial charge in [0.05, 0.1) is 0 Å². The summed E-state index contributed by atoms with van der Waals surface area (Å²) < 4.78 is 10.1. The van der Waals surface area contributed by atoms with Crippen molar-refractivity contribution in [2.75, 3.05) is 67.3 Å². The summed E-state index contributed by atoms with van der Waals surface area (Å²) in [6.45, 7) is 21.3. The zero-order valence-electron chi connectivity index (χ0n) is 21.6. The molecular weight excluding hydrogens is 517 g/mol. The van der Waals surface area contributed by atoms with Crippen LogP contribution in [0.5, 0.6) is 0 Å². The third-order valence-corrected chi connectivity index (χ3v) is 3.23. The molecule has 0 fully saturated rings. The Hall–Kier alpha value is -0.151. The van der Waals surface area contributed by atoms with Crippen LogP contribution in [0.15, 0.2) is 24.6 Å². The van der Waals surface area contributed by atoms with E-state index < -0.39 is 11.2 Å². The molecule has 0 aliphatic carbocycles. The van der Waals surface area contributed by atoms with Crippen LogP contribution >= 0.6 is 15.8 Å². The molecule has 31 heavy (non-hydrogen) atoms. The molecule has 0 amide bonds. The van der Waals surface area contributed by atoms with Gasteiger partial charge in [-0.3, -0.25) is 9.59 Å². The van der Waals surface area contributed by atoms with E-state index in [1.807, 2.05) is 0 Å². The monoisotopic (exact) mass is 563 g/mol. The summed E-state index contributed by atoms with van der Waals surface area (Å²) in [6.07, 6.45) is 5.65. The van der Waals surface area contributed by atoms with Crippen molar-refractivity contribution in [1.29, 1.82) is 0 Å². The van der Waals surface area contributed by atoms with Crippen molar-refractivity contribution >= 4 is 27.4 Å². The molecule has 0 saturated carbocycles. The fourth-order valence-corrected chi connectivity index (χ4v) is 1.11. The van der Waals surface area contributed by atoms with Gasteiger partial charge in [0.25, 0.3) is 0 Å². The maximum absolute atomic E-state index is 11.7. The average molecular weight is 563 g/mol. The fourth-order valence-electron chi connectivity index (χ4n) is 1.11. The largest absolute Gasteiger partial charge is 0.692 e. The smallest absolute Gasteiger partial charge is 0.185 e. The van der Waals surface area contributed by atoms with Crippen molar-refractivity contribution in [3.8, 4) is 0 Å². The molecule has 0 aliphatic rings. The van der Waals surface area contributed by atoms with Crippen LogP contribution in [0.3, 0.4) is 0 Å². The van der Waals surface area contributed by atoms with E-state index in [1.165, 1.54) is 38.8 Å². The van der Waals surface area contributed by atoms with E-state index in [0.717, 1.165) is 0 Å². The molecule has 0 rings (SSSR count). The van der Waals surface area contributed by atoms with Crippen LogP contribution in [-0.4, -0.2) is 90.1 Å². The van der Waals surface area contributed by atoms with Crippen molar-refractivity contribution in [1.82, 2.24) is 0 Å². The van der Waals surface area contributed by atoms with Crippen molar-refractivity contribution < 1.29 is 39.2 Å². The molecule has 0 spiro atoms. The van der Waals surface area contributed by atoms with Gasteiger partial charge in [-0.25, -0.2) is 0 Å². The van der Waals surface area contributed by atoms with Crippen LogP contribution < -0.4 is 0 Å². The summed E-state index contributed by atoms with van der Waals surface area (Å²) in [4.78, 5) is 23.3. The molecule has 185 valence electrons. The molecule has 0 heterocycles. The van der Waals surface area contributed by atoms with Crippen LogP contribution in [0.2, 0.25) is 0 Å². The predicted molar refractivity (Wildman–Crippen MR) is 139 cm³/mol. The summed E-state index contributed by atoms with van der Waals surface area (Å²) in [5.41, 5.74) is -1.68. The number of ether oxygens (including phenoxy) is 2.